The third-order valence-corrected chi connectivity index (χ3v) is 1.30. The maximum absolute atomic E-state index is 11.9. The van der Waals surface area contributed by atoms with Gasteiger partial charge in [-0.15, -0.1) is 0 Å². The molecule has 0 bridgehead atoms. The van der Waals surface area contributed by atoms with Crippen molar-refractivity contribution in [2.45, 2.75) is 13.8 Å². The fourth-order valence-electron chi connectivity index (χ4n) is 0.273. The first-order valence-electron chi connectivity index (χ1n) is 2.32. The van der Waals surface area contributed by atoms with Gasteiger partial charge >= 0.3 is 0 Å². The molecule has 0 atom stereocenters. The minimum absolute atomic E-state index is 0.185. The van der Waals surface area contributed by atoms with Crippen molar-refractivity contribution >= 4 is 15.9 Å². The molecular formula is C6H8BrF. The van der Waals surface area contributed by atoms with Gasteiger partial charge in [-0.1, -0.05) is 22.0 Å². The van der Waals surface area contributed by atoms with Crippen molar-refractivity contribution in [2.75, 3.05) is 0 Å². The van der Waals surface area contributed by atoms with Gasteiger partial charge in [-0.05, 0) is 19.9 Å². The topological polar surface area (TPSA) is 0 Å². The molecule has 46 valence electrons. The Balaban J connectivity index is 3.89. The van der Waals surface area contributed by atoms with Gasteiger partial charge in [-0.3, -0.25) is 0 Å². The first-order valence-corrected chi connectivity index (χ1v) is 3.11. The summed E-state index contributed by atoms with van der Waals surface area (Å²) in [5.74, 6) is -0.185. The predicted molar refractivity (Wildman–Crippen MR) is 37.5 cm³/mol. The summed E-state index contributed by atoms with van der Waals surface area (Å²) in [6.07, 6.45) is 3.20. The molecular weight excluding hydrogens is 171 g/mol. The van der Waals surface area contributed by atoms with Crippen molar-refractivity contribution in [3.63, 3.8) is 0 Å². The van der Waals surface area contributed by atoms with Crippen LogP contribution in [-0.2, 0) is 0 Å². The quantitative estimate of drug-likeness (QED) is 0.542. The van der Waals surface area contributed by atoms with E-state index in [0.29, 0.717) is 0 Å². The molecule has 0 saturated heterocycles. The summed E-state index contributed by atoms with van der Waals surface area (Å²) in [4.78, 5) is 0. The molecule has 0 spiro atoms. The van der Waals surface area contributed by atoms with Gasteiger partial charge in [-0.2, -0.15) is 0 Å². The van der Waals surface area contributed by atoms with Crippen LogP contribution in [0.4, 0.5) is 4.39 Å². The number of hydrogen-bond acceptors (Lipinski definition) is 0. The summed E-state index contributed by atoms with van der Waals surface area (Å²) >= 11 is 3.12. The molecule has 0 N–H and O–H groups in total. The van der Waals surface area contributed by atoms with Crippen LogP contribution in [0.15, 0.2) is 22.5 Å². The summed E-state index contributed by atoms with van der Waals surface area (Å²) in [5.41, 5.74) is 0. The second-order valence-electron chi connectivity index (χ2n) is 1.40. The van der Waals surface area contributed by atoms with Gasteiger partial charge in [0, 0.05) is 4.48 Å². The molecule has 0 fully saturated rings. The monoisotopic (exact) mass is 178 g/mol. The van der Waals surface area contributed by atoms with E-state index in [4.69, 9.17) is 0 Å². The normalized spacial score (nSPS) is 14.5. The van der Waals surface area contributed by atoms with Crippen LogP contribution < -0.4 is 0 Å². The smallest absolute Gasteiger partial charge is 0.0979 e. The Labute approximate surface area is 57.2 Å². The van der Waals surface area contributed by atoms with E-state index in [9.17, 15) is 4.39 Å². The molecule has 0 amide bonds. The maximum atomic E-state index is 11.9. The third-order valence-electron chi connectivity index (χ3n) is 0.613. The van der Waals surface area contributed by atoms with Crippen LogP contribution in [0, 0.1) is 0 Å². The predicted octanol–water partition coefficient (Wildman–Crippen LogP) is 3.16. The van der Waals surface area contributed by atoms with Crippen LogP contribution in [0.25, 0.3) is 0 Å². The van der Waals surface area contributed by atoms with Crippen LogP contribution in [0.1, 0.15) is 13.8 Å². The average molecular weight is 179 g/mol. The third kappa shape index (κ3) is 4.06. The van der Waals surface area contributed by atoms with Gasteiger partial charge in [0.1, 0.15) is 0 Å². The Bertz CT molecular complexity index is 120. The zero-order chi connectivity index (χ0) is 6.57. The van der Waals surface area contributed by atoms with E-state index in [0.717, 1.165) is 4.48 Å². The van der Waals surface area contributed by atoms with Crippen LogP contribution >= 0.6 is 15.9 Å². The molecule has 0 aliphatic rings. The summed E-state index contributed by atoms with van der Waals surface area (Å²) in [6.45, 7) is 3.24. The summed E-state index contributed by atoms with van der Waals surface area (Å²) in [5, 5.41) is 0. The molecule has 0 radical (unpaired) electrons. The van der Waals surface area contributed by atoms with Crippen molar-refractivity contribution in [3.05, 3.63) is 22.5 Å². The van der Waals surface area contributed by atoms with Crippen molar-refractivity contribution in [2.24, 2.45) is 0 Å². The fraction of sp³-hybridized carbons (Fsp3) is 0.333. The van der Waals surface area contributed by atoms with Crippen LogP contribution in [0.5, 0.6) is 0 Å². The average Bonchev–Trinajstić information content (AvgIpc) is 1.65. The van der Waals surface area contributed by atoms with E-state index in [1.165, 1.54) is 13.0 Å². The zero-order valence-electron chi connectivity index (χ0n) is 4.91. The molecule has 0 nitrogen and oxygen atoms in total. The van der Waals surface area contributed by atoms with E-state index >= 15 is 0 Å². The highest BCUT2D eigenvalue weighted by Gasteiger charge is 1.82. The van der Waals surface area contributed by atoms with E-state index in [2.05, 4.69) is 15.9 Å². The molecule has 2 heteroatoms. The van der Waals surface area contributed by atoms with Gasteiger partial charge in [0.25, 0.3) is 0 Å². The second-order valence-corrected chi connectivity index (χ2v) is 2.32. The van der Waals surface area contributed by atoms with Crippen LogP contribution in [-0.4, -0.2) is 0 Å². The van der Waals surface area contributed by atoms with Crippen LogP contribution in [0.2, 0.25) is 0 Å². The number of allylic oxidation sites excluding steroid dienone is 4. The van der Waals surface area contributed by atoms with Gasteiger partial charge in [0.05, 0.1) is 5.83 Å². The fourth-order valence-corrected chi connectivity index (χ4v) is 0.589. The van der Waals surface area contributed by atoms with Gasteiger partial charge in [0.2, 0.25) is 0 Å². The molecule has 0 aromatic heterocycles. The highest BCUT2D eigenvalue weighted by atomic mass is 79.9. The highest BCUT2D eigenvalue weighted by Crippen LogP contribution is 2.09. The second kappa shape index (κ2) is 3.84. The van der Waals surface area contributed by atoms with Gasteiger partial charge in [-0.25, -0.2) is 4.39 Å². The maximum Gasteiger partial charge on any atom is 0.0979 e. The summed E-state index contributed by atoms with van der Waals surface area (Å²) < 4.78 is 12.7. The van der Waals surface area contributed by atoms with Crippen molar-refractivity contribution < 1.29 is 4.39 Å². The van der Waals surface area contributed by atoms with E-state index in [-0.39, 0.29) is 5.83 Å². The number of halogens is 2. The lowest BCUT2D eigenvalue weighted by atomic mass is 10.4. The van der Waals surface area contributed by atoms with Crippen molar-refractivity contribution in [1.82, 2.24) is 0 Å². The number of hydrogen-bond donors (Lipinski definition) is 0. The standard InChI is InChI=1S/C6H8BrF/c1-3-6(7)4-5(2)8/h3-4H,1-2H3/b5-4+,6-3+. The Morgan fingerprint density at radius 1 is 1.62 bits per heavy atom. The van der Waals surface area contributed by atoms with Crippen molar-refractivity contribution in [3.8, 4) is 0 Å². The molecule has 8 heavy (non-hydrogen) atoms. The molecule has 0 aliphatic heterocycles. The molecule has 0 saturated carbocycles. The highest BCUT2D eigenvalue weighted by molar-refractivity contribution is 9.11. The largest absolute Gasteiger partial charge is 0.212 e. The molecule has 0 aliphatic carbocycles. The Hall–Kier alpha value is -0.110. The molecule has 0 heterocycles. The summed E-state index contributed by atoms with van der Waals surface area (Å²) in [7, 11) is 0. The Kier molecular flexibility index (Phi) is 3.79. The molecule has 0 aromatic rings. The lowest BCUT2D eigenvalue weighted by Gasteiger charge is -1.83. The Morgan fingerprint density at radius 3 is 2.25 bits per heavy atom. The Morgan fingerprint density at radius 2 is 2.12 bits per heavy atom. The van der Waals surface area contributed by atoms with E-state index < -0.39 is 0 Å². The SMILES string of the molecule is C/C=C(Br)\C=C(/C)F. The zero-order valence-corrected chi connectivity index (χ0v) is 6.50. The van der Waals surface area contributed by atoms with Gasteiger partial charge in [0.15, 0.2) is 0 Å². The molecule has 0 aromatic carbocycles. The summed E-state index contributed by atoms with van der Waals surface area (Å²) in [6, 6.07) is 0. The van der Waals surface area contributed by atoms with Crippen molar-refractivity contribution in [1.29, 1.82) is 0 Å². The first-order chi connectivity index (χ1) is 3.66. The minimum Gasteiger partial charge on any atom is -0.212 e. The lowest BCUT2D eigenvalue weighted by Crippen LogP contribution is -1.61. The van der Waals surface area contributed by atoms with Crippen LogP contribution in [0.3, 0.4) is 0 Å². The number of rotatable bonds is 1. The lowest BCUT2D eigenvalue weighted by molar-refractivity contribution is 0.640. The van der Waals surface area contributed by atoms with E-state index in [1.54, 1.807) is 6.08 Å². The van der Waals surface area contributed by atoms with Gasteiger partial charge < -0.3 is 0 Å². The molecule has 0 rings (SSSR count). The van der Waals surface area contributed by atoms with E-state index in [1.807, 2.05) is 6.92 Å². The molecule has 0 unspecified atom stereocenters. The first kappa shape index (κ1) is 7.89. The minimum atomic E-state index is -0.185.